The number of anilines is 1. The fourth-order valence-electron chi connectivity index (χ4n) is 3.64. The first-order valence-corrected chi connectivity index (χ1v) is 9.32. The van der Waals surface area contributed by atoms with E-state index in [1.165, 1.54) is 0 Å². The quantitative estimate of drug-likeness (QED) is 0.613. The van der Waals surface area contributed by atoms with Gasteiger partial charge in [-0.3, -0.25) is 24.1 Å². The summed E-state index contributed by atoms with van der Waals surface area (Å²) in [6.07, 6.45) is 3.20. The van der Waals surface area contributed by atoms with Crippen LogP contribution < -0.4 is 5.32 Å². The molecule has 1 N–H and O–H groups in total. The molecular weight excluding hydrogens is 372 g/mol. The lowest BCUT2D eigenvalue weighted by Gasteiger charge is -2.19. The molecule has 1 aliphatic carbocycles. The number of nitrogens with zero attached hydrogens (tertiary/aromatic N) is 1. The van der Waals surface area contributed by atoms with Crippen molar-refractivity contribution in [3.8, 4) is 0 Å². The number of hydrogen-bond acceptors (Lipinski definition) is 5. The molecule has 3 rings (SSSR count). The van der Waals surface area contributed by atoms with Gasteiger partial charge < -0.3 is 10.1 Å². The van der Waals surface area contributed by atoms with Crippen LogP contribution in [0, 0.1) is 18.8 Å². The average molecular weight is 393 g/mol. The van der Waals surface area contributed by atoms with E-state index in [2.05, 4.69) is 5.32 Å². The highest BCUT2D eigenvalue weighted by Crippen LogP contribution is 2.37. The summed E-state index contributed by atoms with van der Waals surface area (Å²) in [4.78, 5) is 49.6. The Balaban J connectivity index is 1.51. The van der Waals surface area contributed by atoms with Gasteiger partial charge in [0.2, 0.25) is 11.8 Å². The minimum atomic E-state index is -0.784. The standard InChI is InChI=1S/C19H21ClN2O5/c1-11-14(20)7-4-8-15(11)21-16(23)10-27-17(24)9-22-18(25)12-5-2-3-6-13(12)19(22)26/h4,7-8,12-13H,2-3,5-6,9-10H2,1H3,(H,21,23)/t12-,13+. The second-order valence-corrected chi connectivity index (χ2v) is 7.29. The smallest absolute Gasteiger partial charge is 0.326 e. The van der Waals surface area contributed by atoms with Crippen LogP contribution in [0.25, 0.3) is 0 Å². The second-order valence-electron chi connectivity index (χ2n) is 6.88. The van der Waals surface area contributed by atoms with E-state index in [4.69, 9.17) is 16.3 Å². The van der Waals surface area contributed by atoms with Gasteiger partial charge in [0.15, 0.2) is 6.61 Å². The Morgan fingerprint density at radius 2 is 1.81 bits per heavy atom. The molecule has 3 amide bonds. The lowest BCUT2D eigenvalue weighted by atomic mass is 9.81. The van der Waals surface area contributed by atoms with Gasteiger partial charge >= 0.3 is 5.97 Å². The number of carbonyl (C=O) groups is 4. The summed E-state index contributed by atoms with van der Waals surface area (Å²) in [5, 5.41) is 3.12. The number of fused-ring (bicyclic) bond motifs is 1. The molecule has 1 aromatic carbocycles. The molecule has 8 heteroatoms. The first-order chi connectivity index (χ1) is 12.9. The lowest BCUT2D eigenvalue weighted by Crippen LogP contribution is -2.37. The molecule has 2 atom stereocenters. The Bertz CT molecular complexity index is 770. The molecule has 0 spiro atoms. The summed E-state index contributed by atoms with van der Waals surface area (Å²) in [6.45, 7) is 0.802. The zero-order chi connectivity index (χ0) is 19.6. The molecule has 1 aliphatic heterocycles. The summed E-state index contributed by atoms with van der Waals surface area (Å²) in [5.41, 5.74) is 1.23. The Morgan fingerprint density at radius 1 is 1.19 bits per heavy atom. The van der Waals surface area contributed by atoms with Crippen LogP contribution in [-0.2, 0) is 23.9 Å². The number of carbonyl (C=O) groups excluding carboxylic acids is 4. The van der Waals surface area contributed by atoms with E-state index in [9.17, 15) is 19.2 Å². The van der Waals surface area contributed by atoms with Crippen LogP contribution in [-0.4, -0.2) is 41.7 Å². The maximum Gasteiger partial charge on any atom is 0.326 e. The third-order valence-electron chi connectivity index (χ3n) is 5.13. The highest BCUT2D eigenvalue weighted by molar-refractivity contribution is 6.31. The normalized spacial score (nSPS) is 21.8. The van der Waals surface area contributed by atoms with Gasteiger partial charge in [0.1, 0.15) is 6.54 Å². The van der Waals surface area contributed by atoms with E-state index >= 15 is 0 Å². The Morgan fingerprint density at radius 3 is 2.44 bits per heavy atom. The van der Waals surface area contributed by atoms with Gasteiger partial charge in [0.25, 0.3) is 5.91 Å². The maximum atomic E-state index is 12.3. The summed E-state index contributed by atoms with van der Waals surface area (Å²) < 4.78 is 4.93. The molecule has 1 heterocycles. The van der Waals surface area contributed by atoms with Crippen molar-refractivity contribution >= 4 is 41.0 Å². The van der Waals surface area contributed by atoms with Crippen molar-refractivity contribution in [3.05, 3.63) is 28.8 Å². The summed E-state index contributed by atoms with van der Waals surface area (Å²) in [6, 6.07) is 5.08. The second kappa shape index (κ2) is 8.08. The average Bonchev–Trinajstić information content (AvgIpc) is 2.89. The van der Waals surface area contributed by atoms with Crippen LogP contribution >= 0.6 is 11.6 Å². The number of esters is 1. The summed E-state index contributed by atoms with van der Waals surface area (Å²) in [5.74, 6) is -2.54. The van der Waals surface area contributed by atoms with E-state index in [-0.39, 0.29) is 23.7 Å². The van der Waals surface area contributed by atoms with Crippen LogP contribution in [0.2, 0.25) is 5.02 Å². The van der Waals surface area contributed by atoms with Crippen molar-refractivity contribution in [2.45, 2.75) is 32.6 Å². The van der Waals surface area contributed by atoms with Crippen molar-refractivity contribution < 1.29 is 23.9 Å². The highest BCUT2D eigenvalue weighted by atomic mass is 35.5. The van der Waals surface area contributed by atoms with E-state index in [0.717, 1.165) is 17.7 Å². The molecule has 1 aromatic rings. The van der Waals surface area contributed by atoms with Crippen LogP contribution in [0.4, 0.5) is 5.69 Å². The van der Waals surface area contributed by atoms with Crippen molar-refractivity contribution in [3.63, 3.8) is 0 Å². The van der Waals surface area contributed by atoms with E-state index in [1.54, 1.807) is 25.1 Å². The molecular formula is C19H21ClN2O5. The van der Waals surface area contributed by atoms with Crippen molar-refractivity contribution in [1.82, 2.24) is 4.90 Å². The molecule has 0 bridgehead atoms. The monoisotopic (exact) mass is 392 g/mol. The number of halogens is 1. The predicted octanol–water partition coefficient (Wildman–Crippen LogP) is 2.31. The van der Waals surface area contributed by atoms with Crippen LogP contribution in [0.1, 0.15) is 31.2 Å². The van der Waals surface area contributed by atoms with Crippen LogP contribution in [0.3, 0.4) is 0 Å². The zero-order valence-corrected chi connectivity index (χ0v) is 15.8. The number of imide groups is 1. The molecule has 0 aromatic heterocycles. The fraction of sp³-hybridized carbons (Fsp3) is 0.474. The molecule has 2 fully saturated rings. The first kappa shape index (κ1) is 19.4. The zero-order valence-electron chi connectivity index (χ0n) is 15.0. The first-order valence-electron chi connectivity index (χ1n) is 8.94. The van der Waals surface area contributed by atoms with Gasteiger partial charge in [-0.2, -0.15) is 0 Å². The SMILES string of the molecule is Cc1c(Cl)cccc1NC(=O)COC(=O)CN1C(=O)[C@H]2CCCC[C@H]2C1=O. The Kier molecular flexibility index (Phi) is 5.79. The van der Waals surface area contributed by atoms with Gasteiger partial charge in [-0.15, -0.1) is 0 Å². The largest absolute Gasteiger partial charge is 0.454 e. The van der Waals surface area contributed by atoms with Crippen LogP contribution in [0.5, 0.6) is 0 Å². The van der Waals surface area contributed by atoms with E-state index < -0.39 is 25.0 Å². The Labute approximate surface area is 162 Å². The van der Waals surface area contributed by atoms with Crippen molar-refractivity contribution in [2.24, 2.45) is 11.8 Å². The van der Waals surface area contributed by atoms with E-state index in [0.29, 0.717) is 29.1 Å². The van der Waals surface area contributed by atoms with Crippen LogP contribution in [0.15, 0.2) is 18.2 Å². The third kappa shape index (κ3) is 4.13. The lowest BCUT2D eigenvalue weighted by molar-refractivity contribution is -0.154. The molecule has 7 nitrogen and oxygen atoms in total. The number of rotatable bonds is 5. The van der Waals surface area contributed by atoms with Gasteiger partial charge in [-0.05, 0) is 37.5 Å². The number of amides is 3. The fourth-order valence-corrected chi connectivity index (χ4v) is 3.81. The molecule has 1 saturated heterocycles. The predicted molar refractivity (Wildman–Crippen MR) is 97.9 cm³/mol. The van der Waals surface area contributed by atoms with Gasteiger partial charge in [0, 0.05) is 10.7 Å². The maximum absolute atomic E-state index is 12.3. The highest BCUT2D eigenvalue weighted by Gasteiger charge is 2.48. The van der Waals surface area contributed by atoms with Crippen molar-refractivity contribution in [2.75, 3.05) is 18.5 Å². The molecule has 144 valence electrons. The molecule has 2 aliphatic rings. The van der Waals surface area contributed by atoms with Crippen molar-refractivity contribution in [1.29, 1.82) is 0 Å². The number of benzene rings is 1. The molecule has 0 unspecified atom stereocenters. The number of hydrogen-bond donors (Lipinski definition) is 1. The topological polar surface area (TPSA) is 92.8 Å². The number of likely N-dealkylation sites (tertiary alicyclic amines) is 1. The van der Waals surface area contributed by atoms with Gasteiger partial charge in [0.05, 0.1) is 11.8 Å². The summed E-state index contributed by atoms with van der Waals surface area (Å²) >= 11 is 5.99. The van der Waals surface area contributed by atoms with E-state index in [1.807, 2.05) is 0 Å². The minimum absolute atomic E-state index is 0.305. The van der Waals surface area contributed by atoms with Gasteiger partial charge in [-0.1, -0.05) is 30.5 Å². The minimum Gasteiger partial charge on any atom is -0.454 e. The molecule has 27 heavy (non-hydrogen) atoms. The third-order valence-corrected chi connectivity index (χ3v) is 5.54. The molecule has 0 radical (unpaired) electrons. The van der Waals surface area contributed by atoms with Gasteiger partial charge in [-0.25, -0.2) is 0 Å². The number of nitrogens with one attached hydrogen (secondary N) is 1. The number of ether oxygens (including phenoxy) is 1. The molecule has 1 saturated carbocycles. The Hall–Kier alpha value is -2.41. The summed E-state index contributed by atoms with van der Waals surface area (Å²) in [7, 11) is 0.